The van der Waals surface area contributed by atoms with Crippen LogP contribution >= 0.6 is 11.6 Å². The van der Waals surface area contributed by atoms with Crippen LogP contribution in [0.2, 0.25) is 0 Å². The van der Waals surface area contributed by atoms with Crippen molar-refractivity contribution in [3.63, 3.8) is 0 Å². The van der Waals surface area contributed by atoms with E-state index in [0.717, 1.165) is 16.9 Å². The number of rotatable bonds is 3. The van der Waals surface area contributed by atoms with E-state index in [0.29, 0.717) is 5.56 Å². The van der Waals surface area contributed by atoms with Crippen molar-refractivity contribution in [1.82, 2.24) is 4.90 Å². The van der Waals surface area contributed by atoms with Gasteiger partial charge in [-0.15, -0.1) is 4.91 Å². The van der Waals surface area contributed by atoms with Crippen LogP contribution in [0.15, 0.2) is 34.7 Å². The van der Waals surface area contributed by atoms with Crippen molar-refractivity contribution in [2.75, 3.05) is 13.1 Å². The molecule has 0 spiro atoms. The highest BCUT2D eigenvalue weighted by Gasteiger charge is 2.63. The number of carbonyl (C=O) groups is 1. The zero-order chi connectivity index (χ0) is 16.8. The smallest absolute Gasteiger partial charge is 0.334 e. The molecule has 23 heavy (non-hydrogen) atoms. The molecule has 1 saturated heterocycles. The molecule has 0 unspecified atom stereocenters. The fourth-order valence-electron chi connectivity index (χ4n) is 3.30. The zero-order valence-electron chi connectivity index (χ0n) is 11.7. The third-order valence-electron chi connectivity index (χ3n) is 4.50. The first-order valence-electron chi connectivity index (χ1n) is 6.81. The topological polar surface area (TPSA) is 62.1 Å². The summed E-state index contributed by atoms with van der Waals surface area (Å²) < 4.78 is 37.6. The Bertz CT molecular complexity index is 690. The normalized spacial score (nSPS) is 26.9. The van der Waals surface area contributed by atoms with Crippen molar-refractivity contribution >= 4 is 22.7 Å². The van der Waals surface area contributed by atoms with Crippen LogP contribution in [-0.2, 0) is 10.2 Å². The minimum atomic E-state index is -4.84. The van der Waals surface area contributed by atoms with Gasteiger partial charge in [-0.2, -0.15) is 13.2 Å². The molecule has 2 aliphatic rings. The number of alkyl halides is 3. The number of nitrogens with zero attached hydrogens (tertiary/aromatic N) is 3. The van der Waals surface area contributed by atoms with Crippen LogP contribution in [0.3, 0.4) is 0 Å². The second-order valence-electron chi connectivity index (χ2n) is 5.79. The molecule has 0 bridgehead atoms. The van der Waals surface area contributed by atoms with Crippen molar-refractivity contribution in [2.45, 2.75) is 18.0 Å². The Morgan fingerprint density at radius 3 is 2.52 bits per heavy atom. The molecule has 1 aliphatic heterocycles. The molecule has 2 fully saturated rings. The van der Waals surface area contributed by atoms with Gasteiger partial charge < -0.3 is 4.90 Å². The van der Waals surface area contributed by atoms with Gasteiger partial charge in [-0.25, -0.2) is 0 Å². The standard InChI is InChI=1S/C14H11ClF3N3O2/c15-11(19-20-23)8-1-3-9(4-2-8)13-5-10(13)6-21(7-13)12(22)14(16,17)18/h1-4,10H,5-7H2/b19-11-/t10-,13+/m1/s1. The second kappa shape index (κ2) is 5.30. The average molecular weight is 346 g/mol. The molecule has 0 radical (unpaired) electrons. The lowest BCUT2D eigenvalue weighted by Crippen LogP contribution is -2.41. The van der Waals surface area contributed by atoms with Gasteiger partial charge in [0.05, 0.1) is 5.29 Å². The van der Waals surface area contributed by atoms with Gasteiger partial charge in [0.15, 0.2) is 5.17 Å². The minimum Gasteiger partial charge on any atom is -0.334 e. The summed E-state index contributed by atoms with van der Waals surface area (Å²) in [6.07, 6.45) is -4.08. The Morgan fingerprint density at radius 2 is 1.96 bits per heavy atom. The van der Waals surface area contributed by atoms with Crippen LogP contribution in [0, 0.1) is 10.8 Å². The van der Waals surface area contributed by atoms with Gasteiger partial charge in [0.1, 0.15) is 0 Å². The lowest BCUT2D eigenvalue weighted by molar-refractivity contribution is -0.184. The van der Waals surface area contributed by atoms with E-state index in [1.165, 1.54) is 0 Å². The summed E-state index contributed by atoms with van der Waals surface area (Å²) in [5, 5.41) is 5.47. The molecule has 1 aliphatic carbocycles. The molecule has 2 atom stereocenters. The predicted octanol–water partition coefficient (Wildman–Crippen LogP) is 3.02. The molecule has 5 nitrogen and oxygen atoms in total. The largest absolute Gasteiger partial charge is 0.471 e. The number of halogens is 4. The molecule has 0 N–H and O–H groups in total. The van der Waals surface area contributed by atoms with Crippen molar-refractivity contribution in [1.29, 1.82) is 0 Å². The van der Waals surface area contributed by atoms with E-state index in [2.05, 4.69) is 10.4 Å². The van der Waals surface area contributed by atoms with E-state index < -0.39 is 17.5 Å². The van der Waals surface area contributed by atoms with E-state index >= 15 is 0 Å². The third kappa shape index (κ3) is 2.71. The third-order valence-corrected chi connectivity index (χ3v) is 4.80. The highest BCUT2D eigenvalue weighted by atomic mass is 35.5. The molecule has 3 rings (SSSR count). The van der Waals surface area contributed by atoms with Crippen LogP contribution in [-0.4, -0.2) is 35.2 Å². The van der Waals surface area contributed by atoms with E-state index in [1.807, 2.05) is 0 Å². The molecular weight excluding hydrogens is 335 g/mol. The Kier molecular flexibility index (Phi) is 3.66. The summed E-state index contributed by atoms with van der Waals surface area (Å²) in [7, 11) is 0. The molecule has 1 saturated carbocycles. The van der Waals surface area contributed by atoms with E-state index in [4.69, 9.17) is 11.6 Å². The van der Waals surface area contributed by atoms with Crippen molar-refractivity contribution in [3.8, 4) is 0 Å². The number of nitroso groups, excluding NO2 is 1. The van der Waals surface area contributed by atoms with Crippen LogP contribution in [0.1, 0.15) is 17.5 Å². The Morgan fingerprint density at radius 1 is 1.30 bits per heavy atom. The summed E-state index contributed by atoms with van der Waals surface area (Å²) in [5.41, 5.74) is 0.934. The van der Waals surface area contributed by atoms with Crippen molar-refractivity contribution in [3.05, 3.63) is 40.3 Å². The maximum Gasteiger partial charge on any atom is 0.471 e. The molecular formula is C14H11ClF3N3O2. The van der Waals surface area contributed by atoms with Crippen LogP contribution in [0.4, 0.5) is 13.2 Å². The van der Waals surface area contributed by atoms with Crippen LogP contribution in [0.5, 0.6) is 0 Å². The monoisotopic (exact) mass is 345 g/mol. The number of amides is 1. The highest BCUT2D eigenvalue weighted by Crippen LogP contribution is 2.59. The fourth-order valence-corrected chi connectivity index (χ4v) is 3.45. The second-order valence-corrected chi connectivity index (χ2v) is 6.15. The maximum absolute atomic E-state index is 12.5. The number of carbonyl (C=O) groups excluding carboxylic acids is 1. The molecule has 1 heterocycles. The summed E-state index contributed by atoms with van der Waals surface area (Å²) in [6, 6.07) is 6.73. The number of benzene rings is 1. The van der Waals surface area contributed by atoms with E-state index in [-0.39, 0.29) is 24.2 Å². The summed E-state index contributed by atoms with van der Waals surface area (Å²) in [6.45, 7) is 0.185. The average Bonchev–Trinajstić information content (AvgIpc) is 3.08. The van der Waals surface area contributed by atoms with Crippen LogP contribution in [0.25, 0.3) is 0 Å². The maximum atomic E-state index is 12.5. The Labute approximate surface area is 134 Å². The lowest BCUT2D eigenvalue weighted by atomic mass is 9.94. The van der Waals surface area contributed by atoms with Crippen molar-refractivity contribution in [2.24, 2.45) is 16.3 Å². The highest BCUT2D eigenvalue weighted by molar-refractivity contribution is 6.69. The van der Waals surface area contributed by atoms with Gasteiger partial charge in [0, 0.05) is 24.1 Å². The number of fused-ring (bicyclic) bond motifs is 1. The van der Waals surface area contributed by atoms with Gasteiger partial charge in [-0.05, 0) is 17.9 Å². The molecule has 9 heteroatoms. The van der Waals surface area contributed by atoms with Gasteiger partial charge in [0.25, 0.3) is 0 Å². The first-order valence-corrected chi connectivity index (χ1v) is 7.18. The predicted molar refractivity (Wildman–Crippen MR) is 77.0 cm³/mol. The lowest BCUT2D eigenvalue weighted by Gasteiger charge is -2.22. The summed E-state index contributed by atoms with van der Waals surface area (Å²) in [4.78, 5) is 22.3. The summed E-state index contributed by atoms with van der Waals surface area (Å²) in [5.74, 6) is -1.74. The summed E-state index contributed by atoms with van der Waals surface area (Å²) >= 11 is 5.76. The molecule has 1 aromatic rings. The van der Waals surface area contributed by atoms with Gasteiger partial charge in [0.2, 0.25) is 0 Å². The van der Waals surface area contributed by atoms with E-state index in [1.54, 1.807) is 24.3 Å². The molecule has 122 valence electrons. The van der Waals surface area contributed by atoms with Crippen molar-refractivity contribution < 1.29 is 18.0 Å². The first-order chi connectivity index (χ1) is 10.8. The quantitative estimate of drug-likeness (QED) is 0.480. The van der Waals surface area contributed by atoms with Crippen LogP contribution < -0.4 is 0 Å². The zero-order valence-corrected chi connectivity index (χ0v) is 12.4. The van der Waals surface area contributed by atoms with E-state index in [9.17, 15) is 22.9 Å². The molecule has 1 amide bonds. The SMILES string of the molecule is O=N/N=C(\Cl)c1ccc([C@@]23C[C@@H]2CN(C(=O)C(F)(F)F)C3)cc1. The Hall–Kier alpha value is -1.96. The molecule has 0 aromatic heterocycles. The van der Waals surface area contributed by atoms with Gasteiger partial charge in [-0.1, -0.05) is 41.0 Å². The number of likely N-dealkylation sites (tertiary alicyclic amines) is 1. The van der Waals surface area contributed by atoms with Gasteiger partial charge in [-0.3, -0.25) is 4.79 Å². The molecule has 1 aromatic carbocycles. The number of hydrogen-bond donors (Lipinski definition) is 0. The number of piperidine rings is 1. The first kappa shape index (κ1) is 15.9. The minimum absolute atomic E-state index is 0.0421. The number of hydrogen-bond acceptors (Lipinski definition) is 3. The Balaban J connectivity index is 1.78. The van der Waals surface area contributed by atoms with Gasteiger partial charge >= 0.3 is 12.1 Å². The fraction of sp³-hybridized carbons (Fsp3) is 0.429.